The fourth-order valence-corrected chi connectivity index (χ4v) is 8.18. The number of pyridine rings is 2. The van der Waals surface area contributed by atoms with Crippen LogP contribution >= 0.6 is 0 Å². The fourth-order valence-electron chi connectivity index (χ4n) is 8.18. The lowest BCUT2D eigenvalue weighted by molar-refractivity contribution is -0.329. The molecule has 268 valence electrons. The zero-order valence-corrected chi connectivity index (χ0v) is 28.8. The Morgan fingerprint density at radius 2 is 1.26 bits per heavy atom. The molecule has 3 heterocycles. The van der Waals surface area contributed by atoms with Crippen molar-refractivity contribution in [1.29, 1.82) is 0 Å². The van der Waals surface area contributed by atoms with E-state index in [9.17, 15) is 28.8 Å². The first-order valence-corrected chi connectivity index (χ1v) is 16.1. The molecular weight excluding hydrogens is 656 g/mol. The number of aromatic nitrogens is 2. The summed E-state index contributed by atoms with van der Waals surface area (Å²) in [5, 5.41) is 0. The van der Waals surface area contributed by atoms with Crippen LogP contribution in [0.4, 0.5) is 0 Å². The lowest BCUT2D eigenvalue weighted by atomic mass is 9.47. The van der Waals surface area contributed by atoms with E-state index >= 15 is 0 Å². The number of carbonyl (C=O) groups excluding carboxylic acids is 6. The summed E-state index contributed by atoms with van der Waals surface area (Å²) < 4.78 is 43.1. The molecule has 0 unspecified atom stereocenters. The first-order chi connectivity index (χ1) is 23.5. The van der Waals surface area contributed by atoms with E-state index < -0.39 is 101 Å². The van der Waals surface area contributed by atoms with Crippen molar-refractivity contribution >= 4 is 35.8 Å². The maximum atomic E-state index is 13.8. The molecule has 1 aliphatic heterocycles. The quantitative estimate of drug-likeness (QED) is 0.274. The number of ether oxygens (including phenoxy) is 7. The molecule has 2 saturated carbocycles. The van der Waals surface area contributed by atoms with Crippen molar-refractivity contribution in [3.8, 4) is 0 Å². The van der Waals surface area contributed by atoms with Gasteiger partial charge in [-0.3, -0.25) is 29.1 Å². The highest BCUT2D eigenvalue weighted by Gasteiger charge is 2.85. The molecule has 15 heteroatoms. The number of rotatable bonds is 9. The maximum Gasteiger partial charge on any atom is 0.340 e. The zero-order chi connectivity index (χ0) is 36.6. The third kappa shape index (κ3) is 6.30. The molecule has 2 aromatic rings. The van der Waals surface area contributed by atoms with Crippen LogP contribution in [0.25, 0.3) is 0 Å². The van der Waals surface area contributed by atoms with Crippen molar-refractivity contribution in [3.63, 3.8) is 0 Å². The van der Waals surface area contributed by atoms with Crippen LogP contribution in [0, 0.1) is 17.3 Å². The third-order valence-electron chi connectivity index (χ3n) is 9.72. The highest BCUT2D eigenvalue weighted by Crippen LogP contribution is 2.68. The Kier molecular flexibility index (Phi) is 10.0. The van der Waals surface area contributed by atoms with Crippen molar-refractivity contribution in [2.45, 2.75) is 96.6 Å². The molecule has 0 radical (unpaired) electrons. The van der Waals surface area contributed by atoms with Gasteiger partial charge in [0.25, 0.3) is 0 Å². The van der Waals surface area contributed by atoms with Crippen LogP contribution in [0.3, 0.4) is 0 Å². The molecule has 15 nitrogen and oxygen atoms in total. The predicted molar refractivity (Wildman–Crippen MR) is 168 cm³/mol. The second kappa shape index (κ2) is 13.8. The van der Waals surface area contributed by atoms with Crippen molar-refractivity contribution in [1.82, 2.24) is 9.97 Å². The van der Waals surface area contributed by atoms with Gasteiger partial charge in [-0.1, -0.05) is 6.92 Å². The van der Waals surface area contributed by atoms with E-state index in [-0.39, 0.29) is 17.5 Å². The van der Waals surface area contributed by atoms with Crippen molar-refractivity contribution in [2.75, 3.05) is 6.61 Å². The number of fused-ring (bicyclic) bond motifs is 1. The van der Waals surface area contributed by atoms with Gasteiger partial charge >= 0.3 is 35.8 Å². The van der Waals surface area contributed by atoms with Crippen LogP contribution < -0.4 is 0 Å². The zero-order valence-electron chi connectivity index (χ0n) is 28.8. The van der Waals surface area contributed by atoms with Gasteiger partial charge in [0.05, 0.1) is 22.6 Å². The summed E-state index contributed by atoms with van der Waals surface area (Å²) in [7, 11) is 0. The molecule has 0 aromatic carbocycles. The summed E-state index contributed by atoms with van der Waals surface area (Å²) in [6.07, 6.45) is -1.69. The summed E-state index contributed by atoms with van der Waals surface area (Å²) >= 11 is 0. The SMILES string of the molecule is CC(=O)OC[C@]12[C@H](OC(C)=O)[C@@H](OC(=O)c3cccnc3)[C@@H]3[C@@H](OC(C)=O)[C@]1(OC3(C)C)[C@H](C)C[C@H](OC(=O)c1cccnc1)[C@@H]2OC(C)=O. The average molecular weight is 697 g/mol. The molecule has 0 amide bonds. The van der Waals surface area contributed by atoms with E-state index in [0.717, 1.165) is 20.8 Å². The molecule has 2 aromatic heterocycles. The van der Waals surface area contributed by atoms with E-state index in [0.29, 0.717) is 0 Å². The summed E-state index contributed by atoms with van der Waals surface area (Å²) in [4.78, 5) is 86.9. The second-order valence-corrected chi connectivity index (χ2v) is 13.4. The van der Waals surface area contributed by atoms with Crippen molar-refractivity contribution < 1.29 is 61.9 Å². The van der Waals surface area contributed by atoms with Crippen LogP contribution in [0.2, 0.25) is 0 Å². The van der Waals surface area contributed by atoms with Gasteiger partial charge in [-0.15, -0.1) is 0 Å². The van der Waals surface area contributed by atoms with E-state index in [1.54, 1.807) is 20.8 Å². The molecule has 1 saturated heterocycles. The maximum absolute atomic E-state index is 13.8. The fraction of sp³-hybridized carbons (Fsp3) is 0.543. The molecule has 9 atom stereocenters. The summed E-state index contributed by atoms with van der Waals surface area (Å²) in [6.45, 7) is 9.06. The summed E-state index contributed by atoms with van der Waals surface area (Å²) in [5.41, 5.74) is -4.92. The Balaban J connectivity index is 1.81. The molecule has 2 bridgehead atoms. The third-order valence-corrected chi connectivity index (χ3v) is 9.72. The van der Waals surface area contributed by atoms with Gasteiger partial charge in [-0.2, -0.15) is 0 Å². The molecule has 3 aliphatic rings. The van der Waals surface area contributed by atoms with E-state index in [1.165, 1.54) is 56.0 Å². The molecule has 5 rings (SSSR count). The lowest BCUT2D eigenvalue weighted by Crippen LogP contribution is -2.81. The Morgan fingerprint density at radius 1 is 0.740 bits per heavy atom. The minimum Gasteiger partial charge on any atom is -0.465 e. The van der Waals surface area contributed by atoms with E-state index in [2.05, 4.69) is 9.97 Å². The topological polar surface area (TPSA) is 193 Å². The molecule has 1 spiro atoms. The number of hydrogen-bond donors (Lipinski definition) is 0. The minimum atomic E-state index is -2.03. The minimum absolute atomic E-state index is 0.0146. The average Bonchev–Trinajstić information content (AvgIpc) is 3.24. The van der Waals surface area contributed by atoms with Crippen molar-refractivity contribution in [2.24, 2.45) is 17.3 Å². The lowest BCUT2D eigenvalue weighted by Gasteiger charge is -2.64. The Labute approximate surface area is 288 Å². The van der Waals surface area contributed by atoms with Crippen LogP contribution in [0.5, 0.6) is 0 Å². The number of carbonyl (C=O) groups is 6. The van der Waals surface area contributed by atoms with Crippen LogP contribution in [0.15, 0.2) is 49.1 Å². The largest absolute Gasteiger partial charge is 0.465 e. The van der Waals surface area contributed by atoms with Crippen LogP contribution in [-0.2, 0) is 52.3 Å². The number of nitrogens with zero attached hydrogens (tertiary/aromatic N) is 2. The molecule has 3 fully saturated rings. The Hall–Kier alpha value is -4.92. The first-order valence-electron chi connectivity index (χ1n) is 16.1. The van der Waals surface area contributed by atoms with Crippen LogP contribution in [-0.4, -0.2) is 94.1 Å². The molecular formula is C35H40N2O13. The highest BCUT2D eigenvalue weighted by atomic mass is 16.6. The number of hydrogen-bond acceptors (Lipinski definition) is 15. The monoisotopic (exact) mass is 696 g/mol. The second-order valence-electron chi connectivity index (χ2n) is 13.4. The highest BCUT2D eigenvalue weighted by molar-refractivity contribution is 5.89. The van der Waals surface area contributed by atoms with Gasteiger partial charge in [-0.25, -0.2) is 9.59 Å². The van der Waals surface area contributed by atoms with Crippen molar-refractivity contribution in [3.05, 3.63) is 60.2 Å². The standard InChI is InChI=1S/C35H40N2O13/c1-18-14-25(48-31(42)23-10-8-12-36-15-23)28(45-20(3)39)34(17-44-19(2)38)30(47-22(5)41)27(49-32(43)24-11-9-13-37-16-24)26-29(46-21(4)40)35(18,34)50-33(26,6)7/h8-13,15-16,18,25-30H,14,17H2,1-7H3/t18-,25+,26-,27+,28+,29-,30-,34+,35-/m1/s1. The smallest absolute Gasteiger partial charge is 0.340 e. The van der Waals surface area contributed by atoms with E-state index in [1.807, 2.05) is 0 Å². The Morgan fingerprint density at radius 3 is 1.76 bits per heavy atom. The molecule has 0 N–H and O–H groups in total. The number of esters is 6. The summed E-state index contributed by atoms with van der Waals surface area (Å²) in [6, 6.07) is 6.02. The predicted octanol–water partition coefficient (Wildman–Crippen LogP) is 2.79. The Bertz CT molecular complexity index is 1650. The van der Waals surface area contributed by atoms with Crippen LogP contribution in [0.1, 0.15) is 75.6 Å². The van der Waals surface area contributed by atoms with Gasteiger partial charge in [0.15, 0.2) is 12.2 Å². The van der Waals surface area contributed by atoms with Gasteiger partial charge < -0.3 is 33.2 Å². The summed E-state index contributed by atoms with van der Waals surface area (Å²) in [5.74, 6) is -6.56. The van der Waals surface area contributed by atoms with Gasteiger partial charge in [-0.05, 0) is 50.5 Å². The van der Waals surface area contributed by atoms with Gasteiger partial charge in [0.2, 0.25) is 0 Å². The normalized spacial score (nSPS) is 32.0. The van der Waals surface area contributed by atoms with Gasteiger partial charge in [0, 0.05) is 52.5 Å². The van der Waals surface area contributed by atoms with Gasteiger partial charge in [0.1, 0.15) is 35.9 Å². The first kappa shape index (κ1) is 36.4. The van der Waals surface area contributed by atoms with E-state index in [4.69, 9.17) is 33.2 Å². The molecule has 50 heavy (non-hydrogen) atoms. The molecule has 2 aliphatic carbocycles.